The molecular weight excluding hydrogens is 344 g/mol. The molecule has 0 unspecified atom stereocenters. The van der Waals surface area contributed by atoms with Crippen LogP contribution in [0.2, 0.25) is 0 Å². The Morgan fingerprint density at radius 3 is 2.70 bits per heavy atom. The van der Waals surface area contributed by atoms with Gasteiger partial charge in [-0.15, -0.1) is 0 Å². The molecule has 7 nitrogen and oxygen atoms in total. The van der Waals surface area contributed by atoms with Crippen LogP contribution in [0.25, 0.3) is 11.0 Å². The third-order valence-electron chi connectivity index (χ3n) is 5.23. The molecule has 2 aromatic heterocycles. The highest BCUT2D eigenvalue weighted by atomic mass is 16.5. The van der Waals surface area contributed by atoms with Crippen molar-refractivity contribution in [3.63, 3.8) is 0 Å². The van der Waals surface area contributed by atoms with E-state index in [4.69, 9.17) is 9.47 Å². The predicted octanol–water partition coefficient (Wildman–Crippen LogP) is 3.15. The fourth-order valence-corrected chi connectivity index (χ4v) is 3.66. The Labute approximate surface area is 157 Å². The van der Waals surface area contributed by atoms with Crippen molar-refractivity contribution in [2.45, 2.75) is 25.8 Å². The van der Waals surface area contributed by atoms with E-state index in [1.54, 1.807) is 24.9 Å². The van der Waals surface area contributed by atoms with Crippen LogP contribution in [0.4, 0.5) is 11.5 Å². The van der Waals surface area contributed by atoms with Crippen LogP contribution in [0.3, 0.4) is 0 Å². The van der Waals surface area contributed by atoms with Crippen LogP contribution in [-0.4, -0.2) is 34.4 Å². The van der Waals surface area contributed by atoms with E-state index in [0.29, 0.717) is 19.0 Å². The number of fused-ring (bicyclic) bond motifs is 1. The van der Waals surface area contributed by atoms with E-state index in [1.165, 1.54) is 0 Å². The average Bonchev–Trinajstić information content (AvgIpc) is 2.94. The van der Waals surface area contributed by atoms with E-state index >= 15 is 0 Å². The third-order valence-corrected chi connectivity index (χ3v) is 5.23. The Balaban J connectivity index is 1.74. The number of pyridine rings is 1. The number of aryl methyl sites for hydroxylation is 2. The molecule has 0 radical (unpaired) electrons. The molecule has 0 spiro atoms. The number of rotatable bonds is 4. The van der Waals surface area contributed by atoms with E-state index in [0.717, 1.165) is 40.9 Å². The summed E-state index contributed by atoms with van der Waals surface area (Å²) in [5.74, 6) is 1.53. The number of methoxy groups -OCH3 is 1. The molecule has 142 valence electrons. The van der Waals surface area contributed by atoms with Gasteiger partial charge in [-0.1, -0.05) is 0 Å². The van der Waals surface area contributed by atoms with Crippen LogP contribution in [0.15, 0.2) is 35.3 Å². The molecule has 1 aromatic carbocycles. The lowest BCUT2D eigenvalue weighted by Gasteiger charge is -2.23. The summed E-state index contributed by atoms with van der Waals surface area (Å²) < 4.78 is 14.3. The smallest absolute Gasteiger partial charge is 0.329 e. The van der Waals surface area contributed by atoms with Crippen molar-refractivity contribution in [1.29, 1.82) is 0 Å². The second kappa shape index (κ2) is 7.08. The summed E-state index contributed by atoms with van der Waals surface area (Å²) in [6.07, 6.45) is 3.46. The van der Waals surface area contributed by atoms with Crippen molar-refractivity contribution < 1.29 is 9.47 Å². The Kier molecular flexibility index (Phi) is 4.61. The summed E-state index contributed by atoms with van der Waals surface area (Å²) in [6.45, 7) is 3.40. The second-order valence-electron chi connectivity index (χ2n) is 6.92. The quantitative estimate of drug-likeness (QED) is 0.766. The number of benzene rings is 1. The monoisotopic (exact) mass is 368 g/mol. The molecule has 1 aliphatic rings. The van der Waals surface area contributed by atoms with Gasteiger partial charge in [0.2, 0.25) is 0 Å². The first-order valence-corrected chi connectivity index (χ1v) is 9.15. The van der Waals surface area contributed by atoms with E-state index in [9.17, 15) is 4.79 Å². The number of nitrogens with one attached hydrogen (secondary N) is 1. The molecule has 1 N–H and O–H groups in total. The maximum absolute atomic E-state index is 12.8. The van der Waals surface area contributed by atoms with E-state index in [1.807, 2.05) is 35.8 Å². The zero-order valence-electron chi connectivity index (χ0n) is 15.9. The fraction of sp³-hybridized carbons (Fsp3) is 0.400. The highest BCUT2D eigenvalue weighted by Gasteiger charge is 2.22. The zero-order valence-corrected chi connectivity index (χ0v) is 15.9. The number of hydrogen-bond donors (Lipinski definition) is 1. The Morgan fingerprint density at radius 2 is 2.00 bits per heavy atom. The zero-order chi connectivity index (χ0) is 19.0. The molecular formula is C20H24N4O3. The lowest BCUT2D eigenvalue weighted by atomic mass is 10.1. The SMILES string of the molecule is COc1ccc(Nc2cc3c(cn2)n(C)c(=O)n3C2CCOCC2)c(C)c1. The van der Waals surface area contributed by atoms with Crippen LogP contribution in [0.5, 0.6) is 5.75 Å². The largest absolute Gasteiger partial charge is 0.497 e. The van der Waals surface area contributed by atoms with Gasteiger partial charge in [0.05, 0.1) is 24.3 Å². The van der Waals surface area contributed by atoms with Crippen LogP contribution in [-0.2, 0) is 11.8 Å². The average molecular weight is 368 g/mol. The second-order valence-corrected chi connectivity index (χ2v) is 6.92. The lowest BCUT2D eigenvalue weighted by molar-refractivity contribution is 0.0696. The first kappa shape index (κ1) is 17.6. The van der Waals surface area contributed by atoms with Crippen LogP contribution >= 0.6 is 0 Å². The van der Waals surface area contributed by atoms with Crippen LogP contribution < -0.4 is 15.7 Å². The normalized spacial score (nSPS) is 15.2. The molecule has 1 fully saturated rings. The van der Waals surface area contributed by atoms with Crippen molar-refractivity contribution >= 4 is 22.5 Å². The summed E-state index contributed by atoms with van der Waals surface area (Å²) in [7, 11) is 3.45. The van der Waals surface area contributed by atoms with Gasteiger partial charge in [-0.2, -0.15) is 0 Å². The minimum Gasteiger partial charge on any atom is -0.497 e. The molecule has 1 aliphatic heterocycles. The summed E-state index contributed by atoms with van der Waals surface area (Å²) in [5.41, 5.74) is 3.75. The Hall–Kier alpha value is -2.80. The lowest BCUT2D eigenvalue weighted by Crippen LogP contribution is -2.29. The summed E-state index contributed by atoms with van der Waals surface area (Å²) >= 11 is 0. The maximum atomic E-state index is 12.8. The van der Waals surface area contributed by atoms with Crippen molar-refractivity contribution in [3.8, 4) is 5.75 Å². The third kappa shape index (κ3) is 3.19. The fourth-order valence-electron chi connectivity index (χ4n) is 3.66. The number of anilines is 2. The standard InChI is InChI=1S/C20H24N4O3/c1-13-10-15(26-3)4-5-16(13)22-19-11-17-18(12-21-19)23(2)20(25)24(17)14-6-8-27-9-7-14/h4-5,10-12,14H,6-9H2,1-3H3,(H,21,22). The van der Waals surface area contributed by atoms with E-state index in [-0.39, 0.29) is 11.7 Å². The van der Waals surface area contributed by atoms with E-state index in [2.05, 4.69) is 10.3 Å². The summed E-state index contributed by atoms with van der Waals surface area (Å²) in [5, 5.41) is 3.36. The van der Waals surface area contributed by atoms with Gasteiger partial charge in [0, 0.05) is 38.1 Å². The van der Waals surface area contributed by atoms with Gasteiger partial charge < -0.3 is 14.8 Å². The number of aromatic nitrogens is 3. The minimum atomic E-state index is -0.00326. The van der Waals surface area contributed by atoms with Gasteiger partial charge in [0.15, 0.2) is 0 Å². The summed E-state index contributed by atoms with van der Waals surface area (Å²) in [4.78, 5) is 17.3. The molecule has 7 heteroatoms. The Bertz CT molecular complexity index is 1030. The number of hydrogen-bond acceptors (Lipinski definition) is 5. The topological polar surface area (TPSA) is 70.3 Å². The molecule has 27 heavy (non-hydrogen) atoms. The number of ether oxygens (including phenoxy) is 2. The molecule has 0 saturated carbocycles. The molecule has 0 aliphatic carbocycles. The first-order valence-electron chi connectivity index (χ1n) is 9.15. The van der Waals surface area contributed by atoms with E-state index < -0.39 is 0 Å². The predicted molar refractivity (Wildman–Crippen MR) is 105 cm³/mol. The van der Waals surface area contributed by atoms with Crippen molar-refractivity contribution in [3.05, 3.63) is 46.5 Å². The van der Waals surface area contributed by atoms with Crippen molar-refractivity contribution in [1.82, 2.24) is 14.1 Å². The van der Waals surface area contributed by atoms with Crippen LogP contribution in [0.1, 0.15) is 24.4 Å². The minimum absolute atomic E-state index is 0.00326. The molecule has 1 saturated heterocycles. The van der Waals surface area contributed by atoms with Gasteiger partial charge in [-0.05, 0) is 43.5 Å². The number of imidazole rings is 1. The van der Waals surface area contributed by atoms with Crippen LogP contribution in [0, 0.1) is 6.92 Å². The Morgan fingerprint density at radius 1 is 1.22 bits per heavy atom. The van der Waals surface area contributed by atoms with Gasteiger partial charge in [0.1, 0.15) is 11.6 Å². The molecule has 0 amide bonds. The van der Waals surface area contributed by atoms with Gasteiger partial charge >= 0.3 is 5.69 Å². The van der Waals surface area contributed by atoms with Crippen molar-refractivity contribution in [2.24, 2.45) is 7.05 Å². The van der Waals surface area contributed by atoms with Gasteiger partial charge in [-0.25, -0.2) is 9.78 Å². The molecule has 3 heterocycles. The maximum Gasteiger partial charge on any atom is 0.329 e. The van der Waals surface area contributed by atoms with Gasteiger partial charge in [0.25, 0.3) is 0 Å². The van der Waals surface area contributed by atoms with Gasteiger partial charge in [-0.3, -0.25) is 9.13 Å². The molecule has 0 atom stereocenters. The highest BCUT2D eigenvalue weighted by molar-refractivity contribution is 5.79. The molecule has 3 aromatic rings. The first-order chi connectivity index (χ1) is 13.1. The number of nitrogens with zero attached hydrogens (tertiary/aromatic N) is 3. The highest BCUT2D eigenvalue weighted by Crippen LogP contribution is 2.28. The summed E-state index contributed by atoms with van der Waals surface area (Å²) in [6, 6.07) is 7.97. The van der Waals surface area contributed by atoms with Crippen molar-refractivity contribution in [2.75, 3.05) is 25.6 Å². The molecule has 4 rings (SSSR count). The molecule has 0 bridgehead atoms.